The van der Waals surface area contributed by atoms with Crippen molar-refractivity contribution in [3.05, 3.63) is 42.7 Å². The first-order valence-electron chi connectivity index (χ1n) is 5.21. The van der Waals surface area contributed by atoms with E-state index < -0.39 is 0 Å². The first-order chi connectivity index (χ1) is 8.27. The van der Waals surface area contributed by atoms with E-state index in [-0.39, 0.29) is 11.5 Å². The molecule has 1 aromatic heterocycles. The first-order valence-corrected chi connectivity index (χ1v) is 5.21. The minimum absolute atomic E-state index is 0.143. The first kappa shape index (κ1) is 9.72. The second-order valence-electron chi connectivity index (χ2n) is 3.78. The van der Waals surface area contributed by atoms with E-state index in [1.807, 2.05) is 24.3 Å². The normalized spacial score (nSPS) is 10.8. The van der Waals surface area contributed by atoms with E-state index in [9.17, 15) is 10.2 Å². The molecule has 4 heteroatoms. The SMILES string of the molecule is Oc1cc2ccccc2c(-c2ncc[nH]2)c1O. The van der Waals surface area contributed by atoms with E-state index in [0.29, 0.717) is 11.4 Å². The van der Waals surface area contributed by atoms with Crippen molar-refractivity contribution in [3.63, 3.8) is 0 Å². The molecule has 0 saturated heterocycles. The van der Waals surface area contributed by atoms with Crippen molar-refractivity contribution >= 4 is 10.8 Å². The van der Waals surface area contributed by atoms with Gasteiger partial charge in [-0.3, -0.25) is 0 Å². The number of hydrogen-bond acceptors (Lipinski definition) is 3. The fourth-order valence-corrected chi connectivity index (χ4v) is 1.96. The Morgan fingerprint density at radius 3 is 2.71 bits per heavy atom. The zero-order chi connectivity index (χ0) is 11.8. The monoisotopic (exact) mass is 226 g/mol. The van der Waals surface area contributed by atoms with Crippen molar-refractivity contribution < 1.29 is 10.2 Å². The van der Waals surface area contributed by atoms with E-state index >= 15 is 0 Å². The van der Waals surface area contributed by atoms with Gasteiger partial charge in [0.25, 0.3) is 0 Å². The molecule has 0 fully saturated rings. The molecule has 0 spiro atoms. The summed E-state index contributed by atoms with van der Waals surface area (Å²) in [5.41, 5.74) is 0.519. The predicted molar refractivity (Wildman–Crippen MR) is 64.9 cm³/mol. The lowest BCUT2D eigenvalue weighted by Gasteiger charge is -2.08. The van der Waals surface area contributed by atoms with Gasteiger partial charge in [0.05, 0.1) is 5.56 Å². The number of rotatable bonds is 1. The van der Waals surface area contributed by atoms with Crippen LogP contribution in [0, 0.1) is 0 Å². The summed E-state index contributed by atoms with van der Waals surface area (Å²) in [5.74, 6) is 0.239. The van der Waals surface area contributed by atoms with E-state index in [0.717, 1.165) is 10.8 Å². The van der Waals surface area contributed by atoms with Crippen molar-refractivity contribution in [1.82, 2.24) is 9.97 Å². The Labute approximate surface area is 97.2 Å². The molecule has 3 N–H and O–H groups in total. The van der Waals surface area contributed by atoms with Gasteiger partial charge in [-0.15, -0.1) is 0 Å². The van der Waals surface area contributed by atoms with E-state index in [1.54, 1.807) is 12.4 Å². The maximum atomic E-state index is 9.96. The van der Waals surface area contributed by atoms with Crippen LogP contribution >= 0.6 is 0 Å². The number of nitrogens with one attached hydrogen (secondary N) is 1. The second-order valence-corrected chi connectivity index (χ2v) is 3.78. The zero-order valence-corrected chi connectivity index (χ0v) is 8.88. The molecule has 3 aromatic rings. The van der Waals surface area contributed by atoms with Crippen molar-refractivity contribution in [1.29, 1.82) is 0 Å². The molecule has 0 atom stereocenters. The third-order valence-corrected chi connectivity index (χ3v) is 2.74. The van der Waals surface area contributed by atoms with Crippen LogP contribution in [0.25, 0.3) is 22.2 Å². The number of fused-ring (bicyclic) bond motifs is 1. The highest BCUT2D eigenvalue weighted by Crippen LogP contribution is 2.40. The van der Waals surface area contributed by atoms with Crippen LogP contribution in [0.2, 0.25) is 0 Å². The predicted octanol–water partition coefficient (Wildman–Crippen LogP) is 2.64. The number of phenols is 2. The molecule has 84 valence electrons. The second kappa shape index (κ2) is 3.52. The van der Waals surface area contributed by atoms with Crippen LogP contribution in [0.3, 0.4) is 0 Å². The molecule has 3 rings (SSSR count). The number of aromatic nitrogens is 2. The number of H-pyrrole nitrogens is 1. The van der Waals surface area contributed by atoms with Gasteiger partial charge < -0.3 is 15.2 Å². The number of hydrogen-bond donors (Lipinski definition) is 3. The molecule has 0 saturated carbocycles. The van der Waals surface area contributed by atoms with E-state index in [4.69, 9.17) is 0 Å². The van der Waals surface area contributed by atoms with Crippen LogP contribution < -0.4 is 0 Å². The molecule has 0 amide bonds. The standard InChI is InChI=1S/C13H10N2O2/c16-10-7-8-3-1-2-4-9(8)11(12(10)17)13-14-5-6-15-13/h1-7,16-17H,(H,14,15). The summed E-state index contributed by atoms with van der Waals surface area (Å²) in [7, 11) is 0. The Kier molecular flexibility index (Phi) is 2.01. The summed E-state index contributed by atoms with van der Waals surface area (Å²) in [4.78, 5) is 7.04. The van der Waals surface area contributed by atoms with Crippen LogP contribution in [0.4, 0.5) is 0 Å². The number of benzene rings is 2. The van der Waals surface area contributed by atoms with Gasteiger partial charge in [-0.1, -0.05) is 24.3 Å². The third-order valence-electron chi connectivity index (χ3n) is 2.74. The minimum atomic E-state index is -0.154. The Balaban J connectivity index is 2.46. The van der Waals surface area contributed by atoms with Crippen molar-refractivity contribution in [2.45, 2.75) is 0 Å². The molecule has 0 bridgehead atoms. The maximum Gasteiger partial charge on any atom is 0.169 e. The number of nitrogens with zero attached hydrogens (tertiary/aromatic N) is 1. The molecule has 0 unspecified atom stereocenters. The lowest BCUT2D eigenvalue weighted by Crippen LogP contribution is -1.85. The summed E-state index contributed by atoms with van der Waals surface area (Å²) in [6.07, 6.45) is 3.28. The highest BCUT2D eigenvalue weighted by atomic mass is 16.3. The lowest BCUT2D eigenvalue weighted by molar-refractivity contribution is 0.406. The summed E-state index contributed by atoms with van der Waals surface area (Å²) >= 11 is 0. The van der Waals surface area contributed by atoms with Gasteiger partial charge in [0.15, 0.2) is 11.5 Å². The minimum Gasteiger partial charge on any atom is -0.504 e. The summed E-state index contributed by atoms with van der Waals surface area (Å²) in [6.45, 7) is 0. The highest BCUT2D eigenvalue weighted by molar-refractivity contribution is 5.99. The summed E-state index contributed by atoms with van der Waals surface area (Å²) < 4.78 is 0. The van der Waals surface area contributed by atoms with E-state index in [2.05, 4.69) is 9.97 Å². The molecule has 0 aliphatic carbocycles. The third kappa shape index (κ3) is 1.42. The Morgan fingerprint density at radius 1 is 1.12 bits per heavy atom. The average molecular weight is 226 g/mol. The molecule has 1 heterocycles. The van der Waals surface area contributed by atoms with Gasteiger partial charge in [-0.25, -0.2) is 4.98 Å². The van der Waals surface area contributed by atoms with Gasteiger partial charge in [0.2, 0.25) is 0 Å². The van der Waals surface area contributed by atoms with Crippen LogP contribution in [-0.4, -0.2) is 20.2 Å². The summed E-state index contributed by atoms with van der Waals surface area (Å²) in [6, 6.07) is 9.06. The molecular formula is C13H10N2O2. The Hall–Kier alpha value is -2.49. The Morgan fingerprint density at radius 2 is 1.94 bits per heavy atom. The van der Waals surface area contributed by atoms with Crippen molar-refractivity contribution in [2.24, 2.45) is 0 Å². The lowest BCUT2D eigenvalue weighted by atomic mass is 10.0. The Bertz CT molecular complexity index is 675. The van der Waals surface area contributed by atoms with Gasteiger partial charge in [-0.2, -0.15) is 0 Å². The molecular weight excluding hydrogens is 216 g/mol. The molecule has 0 radical (unpaired) electrons. The topological polar surface area (TPSA) is 69.1 Å². The highest BCUT2D eigenvalue weighted by Gasteiger charge is 2.15. The van der Waals surface area contributed by atoms with Crippen LogP contribution in [-0.2, 0) is 0 Å². The van der Waals surface area contributed by atoms with Gasteiger partial charge in [0.1, 0.15) is 5.82 Å². The van der Waals surface area contributed by atoms with Crippen molar-refractivity contribution in [3.8, 4) is 22.9 Å². The van der Waals surface area contributed by atoms with Gasteiger partial charge in [-0.05, 0) is 16.8 Å². The van der Waals surface area contributed by atoms with Gasteiger partial charge >= 0.3 is 0 Å². The molecule has 4 nitrogen and oxygen atoms in total. The van der Waals surface area contributed by atoms with Crippen LogP contribution in [0.5, 0.6) is 11.5 Å². The van der Waals surface area contributed by atoms with Crippen molar-refractivity contribution in [2.75, 3.05) is 0 Å². The molecule has 0 aliphatic heterocycles. The van der Waals surface area contributed by atoms with Crippen LogP contribution in [0.15, 0.2) is 42.7 Å². The number of aromatic hydroxyl groups is 2. The van der Waals surface area contributed by atoms with E-state index in [1.165, 1.54) is 6.07 Å². The smallest absolute Gasteiger partial charge is 0.169 e. The quantitative estimate of drug-likeness (QED) is 0.559. The molecule has 17 heavy (non-hydrogen) atoms. The summed E-state index contributed by atoms with van der Waals surface area (Å²) in [5, 5.41) is 21.4. The maximum absolute atomic E-state index is 9.96. The molecule has 0 aliphatic rings. The fourth-order valence-electron chi connectivity index (χ4n) is 1.96. The van der Waals surface area contributed by atoms with Gasteiger partial charge in [0, 0.05) is 12.4 Å². The largest absolute Gasteiger partial charge is 0.504 e. The van der Waals surface area contributed by atoms with Crippen LogP contribution in [0.1, 0.15) is 0 Å². The average Bonchev–Trinajstić information content (AvgIpc) is 2.84. The molecule has 2 aromatic carbocycles. The number of phenolic OH excluding ortho intramolecular Hbond substituents is 2. The number of aromatic amines is 1. The fraction of sp³-hybridized carbons (Fsp3) is 0. The number of imidazole rings is 1. The zero-order valence-electron chi connectivity index (χ0n) is 8.88.